The Hall–Kier alpha value is -4.23. The number of phenols is 1. The van der Waals surface area contributed by atoms with Crippen LogP contribution in [0.2, 0.25) is 0 Å². The molecule has 0 aliphatic carbocycles. The Morgan fingerprint density at radius 1 is 0.722 bits per heavy atom. The van der Waals surface area contributed by atoms with E-state index in [4.69, 9.17) is 23.7 Å². The van der Waals surface area contributed by atoms with Gasteiger partial charge in [-0.25, -0.2) is 4.39 Å². The van der Waals surface area contributed by atoms with Crippen LogP contribution < -0.4 is 18.9 Å². The lowest BCUT2D eigenvalue weighted by atomic mass is 9.96. The van der Waals surface area contributed by atoms with Crippen molar-refractivity contribution >= 4 is 0 Å². The van der Waals surface area contributed by atoms with E-state index >= 15 is 0 Å². The summed E-state index contributed by atoms with van der Waals surface area (Å²) in [7, 11) is 4.51. The molecule has 0 amide bonds. The second-order valence-corrected chi connectivity index (χ2v) is 7.88. The average molecular weight is 491 g/mol. The van der Waals surface area contributed by atoms with Crippen LogP contribution in [0, 0.1) is 5.82 Å². The van der Waals surface area contributed by atoms with Crippen LogP contribution >= 0.6 is 0 Å². The third-order valence-electron chi connectivity index (χ3n) is 5.60. The number of aromatic hydroxyl groups is 1. The van der Waals surface area contributed by atoms with Gasteiger partial charge in [-0.1, -0.05) is 48.5 Å². The van der Waals surface area contributed by atoms with E-state index < -0.39 is 0 Å². The van der Waals surface area contributed by atoms with Crippen molar-refractivity contribution in [3.63, 3.8) is 0 Å². The molecule has 0 aliphatic rings. The predicted octanol–water partition coefficient (Wildman–Crippen LogP) is 6.44. The summed E-state index contributed by atoms with van der Waals surface area (Å²) in [5, 5.41) is 11.3. The van der Waals surface area contributed by atoms with Crippen molar-refractivity contribution < 1.29 is 33.2 Å². The summed E-state index contributed by atoms with van der Waals surface area (Å²) in [5.74, 6) is 1.13. The van der Waals surface area contributed by atoms with Crippen LogP contribution in [-0.4, -0.2) is 33.2 Å². The van der Waals surface area contributed by atoms with E-state index in [1.54, 1.807) is 36.4 Å². The first-order chi connectivity index (χ1) is 17.5. The minimum atomic E-state index is -0.358. The molecule has 0 bridgehead atoms. The molecule has 1 N–H and O–H groups in total. The van der Waals surface area contributed by atoms with E-state index in [1.165, 1.54) is 33.5 Å². The third-order valence-corrected chi connectivity index (χ3v) is 5.60. The Balaban J connectivity index is 1.76. The molecule has 4 rings (SSSR count). The van der Waals surface area contributed by atoms with Crippen LogP contribution in [0.25, 0.3) is 22.3 Å². The zero-order valence-electron chi connectivity index (χ0n) is 20.3. The number of ether oxygens (including phenoxy) is 5. The average Bonchev–Trinajstić information content (AvgIpc) is 2.91. The monoisotopic (exact) mass is 490 g/mol. The summed E-state index contributed by atoms with van der Waals surface area (Å²) in [6.45, 7) is 0.374. The van der Waals surface area contributed by atoms with E-state index in [-0.39, 0.29) is 24.1 Å². The van der Waals surface area contributed by atoms with Crippen LogP contribution in [0.15, 0.2) is 78.9 Å². The number of rotatable bonds is 10. The number of hydrogen-bond acceptors (Lipinski definition) is 6. The normalized spacial score (nSPS) is 10.7. The van der Waals surface area contributed by atoms with Crippen molar-refractivity contribution in [3.8, 4) is 51.0 Å². The van der Waals surface area contributed by atoms with E-state index in [0.717, 1.165) is 5.56 Å². The maximum absolute atomic E-state index is 13.5. The minimum absolute atomic E-state index is 0.0150. The first-order valence-electron chi connectivity index (χ1n) is 11.2. The molecule has 0 radical (unpaired) electrons. The Bertz CT molecular complexity index is 1310. The fourth-order valence-electron chi connectivity index (χ4n) is 3.87. The summed E-state index contributed by atoms with van der Waals surface area (Å²) in [6.07, 6.45) is 0. The summed E-state index contributed by atoms with van der Waals surface area (Å²) in [5.41, 5.74) is 3.28. The molecule has 4 aromatic rings. The third kappa shape index (κ3) is 5.37. The molecular weight excluding hydrogens is 463 g/mol. The van der Waals surface area contributed by atoms with Crippen LogP contribution in [0.5, 0.6) is 28.7 Å². The molecule has 0 aliphatic heterocycles. The molecule has 0 spiro atoms. The lowest BCUT2D eigenvalue weighted by Gasteiger charge is -2.19. The van der Waals surface area contributed by atoms with Gasteiger partial charge < -0.3 is 28.8 Å². The van der Waals surface area contributed by atoms with Gasteiger partial charge >= 0.3 is 0 Å². The molecule has 186 valence electrons. The smallest absolute Gasteiger partial charge is 0.188 e. The Kier molecular flexibility index (Phi) is 7.92. The Morgan fingerprint density at radius 3 is 2.11 bits per heavy atom. The highest BCUT2D eigenvalue weighted by molar-refractivity contribution is 5.88. The zero-order chi connectivity index (χ0) is 25.5. The zero-order valence-corrected chi connectivity index (χ0v) is 20.3. The van der Waals surface area contributed by atoms with E-state index in [0.29, 0.717) is 46.1 Å². The SMILES string of the molecule is COCOc1cc(-c2c(OC)cc(-c3ccc(F)cc3)c(OC)c2O)ccc1OCc1ccccc1. The van der Waals surface area contributed by atoms with Crippen LogP contribution in [0.4, 0.5) is 4.39 Å². The van der Waals surface area contributed by atoms with E-state index in [9.17, 15) is 9.50 Å². The van der Waals surface area contributed by atoms with Gasteiger partial charge in [0.1, 0.15) is 18.2 Å². The van der Waals surface area contributed by atoms with Crippen LogP contribution in [0.3, 0.4) is 0 Å². The molecule has 0 atom stereocenters. The van der Waals surface area contributed by atoms with Crippen molar-refractivity contribution in [3.05, 3.63) is 90.2 Å². The minimum Gasteiger partial charge on any atom is -0.504 e. The molecule has 36 heavy (non-hydrogen) atoms. The number of methoxy groups -OCH3 is 3. The van der Waals surface area contributed by atoms with Gasteiger partial charge in [0.2, 0.25) is 0 Å². The number of hydrogen-bond donors (Lipinski definition) is 1. The number of halogens is 1. The molecule has 0 unspecified atom stereocenters. The van der Waals surface area contributed by atoms with Gasteiger partial charge in [-0.05, 0) is 47.0 Å². The first-order valence-corrected chi connectivity index (χ1v) is 11.2. The summed E-state index contributed by atoms with van der Waals surface area (Å²) < 4.78 is 41.5. The summed E-state index contributed by atoms with van der Waals surface area (Å²) in [6, 6.07) is 22.8. The first kappa shape index (κ1) is 24.9. The van der Waals surface area contributed by atoms with Crippen molar-refractivity contribution in [1.29, 1.82) is 0 Å². The van der Waals surface area contributed by atoms with Gasteiger partial charge in [0.25, 0.3) is 0 Å². The molecule has 0 saturated heterocycles. The Morgan fingerprint density at radius 2 is 1.44 bits per heavy atom. The van der Waals surface area contributed by atoms with Gasteiger partial charge in [0, 0.05) is 12.7 Å². The Labute approximate surface area is 209 Å². The van der Waals surface area contributed by atoms with Crippen LogP contribution in [-0.2, 0) is 11.3 Å². The van der Waals surface area contributed by atoms with Gasteiger partial charge in [-0.3, -0.25) is 0 Å². The highest BCUT2D eigenvalue weighted by atomic mass is 19.1. The van der Waals surface area contributed by atoms with Crippen molar-refractivity contribution in [2.75, 3.05) is 28.1 Å². The molecule has 0 aromatic heterocycles. The standard InChI is InChI=1S/C29H27FO6/c1-32-18-36-25-15-21(11-14-24(25)35-17-19-7-5-4-6-8-19)27-26(33-2)16-23(29(34-3)28(27)31)20-9-12-22(30)13-10-20/h4-16,31H,17-18H2,1-3H3. The molecule has 0 heterocycles. The van der Waals surface area contributed by atoms with Gasteiger partial charge in [-0.15, -0.1) is 0 Å². The van der Waals surface area contributed by atoms with Gasteiger partial charge in [0.05, 0.1) is 19.8 Å². The maximum atomic E-state index is 13.5. The molecule has 6 nitrogen and oxygen atoms in total. The molecule has 4 aromatic carbocycles. The van der Waals surface area contributed by atoms with E-state index in [2.05, 4.69) is 0 Å². The molecular formula is C29H27FO6. The predicted molar refractivity (Wildman–Crippen MR) is 135 cm³/mol. The lowest BCUT2D eigenvalue weighted by Crippen LogP contribution is -2.03. The second kappa shape index (κ2) is 11.5. The van der Waals surface area contributed by atoms with Gasteiger partial charge in [0.15, 0.2) is 29.8 Å². The van der Waals surface area contributed by atoms with Crippen molar-refractivity contribution in [2.45, 2.75) is 6.61 Å². The fourth-order valence-corrected chi connectivity index (χ4v) is 3.87. The summed E-state index contributed by atoms with van der Waals surface area (Å²) in [4.78, 5) is 0. The molecule has 7 heteroatoms. The lowest BCUT2D eigenvalue weighted by molar-refractivity contribution is 0.0484. The topological polar surface area (TPSA) is 66.4 Å². The second-order valence-electron chi connectivity index (χ2n) is 7.88. The van der Waals surface area contributed by atoms with Gasteiger partial charge in [-0.2, -0.15) is 0 Å². The molecule has 0 saturated carbocycles. The maximum Gasteiger partial charge on any atom is 0.188 e. The van der Waals surface area contributed by atoms with Crippen molar-refractivity contribution in [2.24, 2.45) is 0 Å². The largest absolute Gasteiger partial charge is 0.504 e. The quantitative estimate of drug-likeness (QED) is 0.258. The van der Waals surface area contributed by atoms with Crippen molar-refractivity contribution in [1.82, 2.24) is 0 Å². The summed E-state index contributed by atoms with van der Waals surface area (Å²) >= 11 is 0. The fraction of sp³-hybridized carbons (Fsp3) is 0.172. The number of benzene rings is 4. The number of phenolic OH excluding ortho intramolecular Hbond substituents is 1. The highest BCUT2D eigenvalue weighted by Crippen LogP contribution is 2.50. The van der Waals surface area contributed by atoms with E-state index in [1.807, 2.05) is 30.3 Å². The van der Waals surface area contributed by atoms with Crippen LogP contribution in [0.1, 0.15) is 5.56 Å². The molecule has 0 fully saturated rings. The highest BCUT2D eigenvalue weighted by Gasteiger charge is 2.23.